The van der Waals surface area contributed by atoms with Crippen LogP contribution in [0.1, 0.15) is 28.9 Å². The Morgan fingerprint density at radius 2 is 2.04 bits per heavy atom. The number of nitrogens with one attached hydrogen (secondary N) is 1. The third-order valence-corrected chi connectivity index (χ3v) is 4.01. The molecule has 0 aliphatic rings. The number of aryl methyl sites for hydroxylation is 1. The van der Waals surface area contributed by atoms with E-state index >= 15 is 0 Å². The number of unbranched alkanes of at least 4 members (excludes halogenated alkanes) is 1. The van der Waals surface area contributed by atoms with Crippen LogP contribution in [0.4, 0.5) is 4.39 Å². The minimum atomic E-state index is -1.08. The first kappa shape index (κ1) is 17.0. The molecule has 0 radical (unpaired) electrons. The predicted molar refractivity (Wildman–Crippen MR) is 91.8 cm³/mol. The monoisotopic (exact) mass is 342 g/mol. The lowest BCUT2D eigenvalue weighted by Gasteiger charge is -2.08. The van der Waals surface area contributed by atoms with Gasteiger partial charge >= 0.3 is 5.97 Å². The van der Waals surface area contributed by atoms with Crippen LogP contribution in [-0.4, -0.2) is 32.6 Å². The second-order valence-electron chi connectivity index (χ2n) is 5.82. The second kappa shape index (κ2) is 7.85. The summed E-state index contributed by atoms with van der Waals surface area (Å²) in [4.78, 5) is 10.7. The SMILES string of the molecule is O=C(O)c1cn(CCCCNCc2ccc3ccccc3c2F)nn1. The molecule has 0 saturated heterocycles. The van der Waals surface area contributed by atoms with Gasteiger partial charge in [-0.3, -0.25) is 4.68 Å². The van der Waals surface area contributed by atoms with Crippen molar-refractivity contribution >= 4 is 16.7 Å². The van der Waals surface area contributed by atoms with Crippen molar-refractivity contribution in [1.82, 2.24) is 20.3 Å². The number of carboxylic acids is 1. The van der Waals surface area contributed by atoms with E-state index in [4.69, 9.17) is 5.11 Å². The molecular formula is C18H19FN4O2. The number of hydrogen-bond acceptors (Lipinski definition) is 4. The fraction of sp³-hybridized carbons (Fsp3) is 0.278. The zero-order valence-corrected chi connectivity index (χ0v) is 13.7. The van der Waals surface area contributed by atoms with Crippen LogP contribution in [0.3, 0.4) is 0 Å². The summed E-state index contributed by atoms with van der Waals surface area (Å²) < 4.78 is 15.9. The number of fused-ring (bicyclic) bond motifs is 1. The van der Waals surface area contributed by atoms with Gasteiger partial charge in [-0.05, 0) is 24.8 Å². The maximum absolute atomic E-state index is 14.4. The topological polar surface area (TPSA) is 80.0 Å². The van der Waals surface area contributed by atoms with E-state index in [1.807, 2.05) is 30.3 Å². The fourth-order valence-electron chi connectivity index (χ4n) is 2.67. The van der Waals surface area contributed by atoms with E-state index in [0.717, 1.165) is 24.8 Å². The lowest BCUT2D eigenvalue weighted by Crippen LogP contribution is -2.16. The molecule has 0 aliphatic heterocycles. The number of aromatic nitrogens is 3. The number of carboxylic acid groups (broad SMARTS) is 1. The highest BCUT2D eigenvalue weighted by atomic mass is 19.1. The first-order valence-electron chi connectivity index (χ1n) is 8.15. The van der Waals surface area contributed by atoms with Gasteiger partial charge < -0.3 is 10.4 Å². The number of rotatable bonds is 8. The molecule has 0 bridgehead atoms. The number of nitrogens with zero attached hydrogens (tertiary/aromatic N) is 3. The highest BCUT2D eigenvalue weighted by Crippen LogP contribution is 2.20. The zero-order chi connectivity index (χ0) is 17.6. The maximum Gasteiger partial charge on any atom is 0.358 e. The Bertz CT molecular complexity index is 878. The van der Waals surface area contributed by atoms with Crippen LogP contribution in [0.15, 0.2) is 42.6 Å². The molecule has 2 N–H and O–H groups in total. The Balaban J connectivity index is 1.42. The lowest BCUT2D eigenvalue weighted by atomic mass is 10.1. The van der Waals surface area contributed by atoms with Gasteiger partial charge in [0, 0.05) is 24.0 Å². The first-order chi connectivity index (χ1) is 12.1. The molecule has 2 aromatic carbocycles. The molecular weight excluding hydrogens is 323 g/mol. The van der Waals surface area contributed by atoms with Crippen molar-refractivity contribution in [2.24, 2.45) is 0 Å². The Morgan fingerprint density at radius 3 is 2.84 bits per heavy atom. The standard InChI is InChI=1S/C18H19FN4O2/c19-17-14(8-7-13-5-1-2-6-15(13)17)11-20-9-3-4-10-23-12-16(18(24)25)21-22-23/h1-2,5-8,12,20H,3-4,9-11H2,(H,24,25). The average molecular weight is 342 g/mol. The molecule has 0 atom stereocenters. The van der Waals surface area contributed by atoms with Crippen LogP contribution in [0.5, 0.6) is 0 Å². The molecule has 130 valence electrons. The number of benzene rings is 2. The summed E-state index contributed by atoms with van der Waals surface area (Å²) in [6.07, 6.45) is 3.12. The molecule has 0 fully saturated rings. The van der Waals surface area contributed by atoms with Gasteiger partial charge in [0.05, 0.1) is 6.20 Å². The molecule has 0 aliphatic carbocycles. The van der Waals surface area contributed by atoms with Gasteiger partial charge in [0.15, 0.2) is 5.69 Å². The largest absolute Gasteiger partial charge is 0.476 e. The van der Waals surface area contributed by atoms with E-state index in [1.54, 1.807) is 6.07 Å². The molecule has 25 heavy (non-hydrogen) atoms. The van der Waals surface area contributed by atoms with Gasteiger partial charge in [-0.1, -0.05) is 41.6 Å². The minimum absolute atomic E-state index is 0.0510. The molecule has 3 aromatic rings. The maximum atomic E-state index is 14.4. The van der Waals surface area contributed by atoms with Crippen molar-refractivity contribution in [3.05, 3.63) is 59.7 Å². The Kier molecular flexibility index (Phi) is 5.35. The van der Waals surface area contributed by atoms with Crippen LogP contribution in [0.2, 0.25) is 0 Å². The second-order valence-corrected chi connectivity index (χ2v) is 5.82. The molecule has 0 spiro atoms. The smallest absolute Gasteiger partial charge is 0.358 e. The zero-order valence-electron chi connectivity index (χ0n) is 13.7. The molecule has 0 amide bonds. The average Bonchev–Trinajstić information content (AvgIpc) is 3.09. The highest BCUT2D eigenvalue weighted by molar-refractivity contribution is 5.84. The Hall–Kier alpha value is -2.80. The lowest BCUT2D eigenvalue weighted by molar-refractivity contribution is 0.0690. The summed E-state index contributed by atoms with van der Waals surface area (Å²) in [5.74, 6) is -1.25. The van der Waals surface area contributed by atoms with Gasteiger partial charge in [-0.15, -0.1) is 5.10 Å². The summed E-state index contributed by atoms with van der Waals surface area (Å²) in [5, 5.41) is 20.9. The van der Waals surface area contributed by atoms with E-state index < -0.39 is 5.97 Å². The number of halogens is 1. The summed E-state index contributed by atoms with van der Waals surface area (Å²) in [7, 11) is 0. The van der Waals surface area contributed by atoms with Crippen molar-refractivity contribution in [1.29, 1.82) is 0 Å². The van der Waals surface area contributed by atoms with Gasteiger partial charge in [0.1, 0.15) is 5.82 Å². The fourth-order valence-corrected chi connectivity index (χ4v) is 2.67. The van der Waals surface area contributed by atoms with Crippen molar-refractivity contribution in [3.63, 3.8) is 0 Å². The number of hydrogen-bond donors (Lipinski definition) is 2. The van der Waals surface area contributed by atoms with E-state index in [-0.39, 0.29) is 11.5 Å². The van der Waals surface area contributed by atoms with E-state index in [1.165, 1.54) is 10.9 Å². The summed E-state index contributed by atoms with van der Waals surface area (Å²) in [6.45, 7) is 1.82. The number of carbonyl (C=O) groups is 1. The molecule has 1 heterocycles. The van der Waals surface area contributed by atoms with Crippen LogP contribution in [0, 0.1) is 5.82 Å². The molecule has 0 unspecified atom stereocenters. The van der Waals surface area contributed by atoms with E-state index in [9.17, 15) is 9.18 Å². The predicted octanol–water partition coefficient (Wildman–Crippen LogP) is 2.84. The van der Waals surface area contributed by atoms with Crippen molar-refractivity contribution in [2.45, 2.75) is 25.9 Å². The van der Waals surface area contributed by atoms with Crippen LogP contribution in [0.25, 0.3) is 10.8 Å². The normalized spacial score (nSPS) is 11.1. The van der Waals surface area contributed by atoms with Crippen LogP contribution >= 0.6 is 0 Å². The highest BCUT2D eigenvalue weighted by Gasteiger charge is 2.08. The van der Waals surface area contributed by atoms with Gasteiger partial charge in [-0.25, -0.2) is 9.18 Å². The summed E-state index contributed by atoms with van der Waals surface area (Å²) >= 11 is 0. The van der Waals surface area contributed by atoms with Crippen molar-refractivity contribution < 1.29 is 14.3 Å². The number of aromatic carboxylic acids is 1. The molecule has 1 aromatic heterocycles. The van der Waals surface area contributed by atoms with Crippen LogP contribution in [-0.2, 0) is 13.1 Å². The van der Waals surface area contributed by atoms with E-state index in [2.05, 4.69) is 15.6 Å². The minimum Gasteiger partial charge on any atom is -0.476 e. The molecule has 3 rings (SSSR count). The third-order valence-electron chi connectivity index (χ3n) is 4.01. The van der Waals surface area contributed by atoms with E-state index in [0.29, 0.717) is 24.0 Å². The van der Waals surface area contributed by atoms with Crippen molar-refractivity contribution in [2.75, 3.05) is 6.54 Å². The van der Waals surface area contributed by atoms with Gasteiger partial charge in [0.25, 0.3) is 0 Å². The molecule has 0 saturated carbocycles. The van der Waals surface area contributed by atoms with Crippen LogP contribution < -0.4 is 5.32 Å². The third kappa shape index (κ3) is 4.19. The van der Waals surface area contributed by atoms with Gasteiger partial charge in [-0.2, -0.15) is 0 Å². The Morgan fingerprint density at radius 1 is 1.20 bits per heavy atom. The molecule has 7 heteroatoms. The Labute approximate surface area is 144 Å². The molecule has 6 nitrogen and oxygen atoms in total. The van der Waals surface area contributed by atoms with Crippen molar-refractivity contribution in [3.8, 4) is 0 Å². The summed E-state index contributed by atoms with van der Waals surface area (Å²) in [6, 6.07) is 11.2. The quantitative estimate of drug-likeness (QED) is 0.615. The van der Waals surface area contributed by atoms with Gasteiger partial charge in [0.2, 0.25) is 0 Å². The summed E-state index contributed by atoms with van der Waals surface area (Å²) in [5.41, 5.74) is 0.603. The first-order valence-corrected chi connectivity index (χ1v) is 8.15.